The van der Waals surface area contributed by atoms with Crippen LogP contribution in [-0.2, 0) is 6.42 Å². The predicted octanol–water partition coefficient (Wildman–Crippen LogP) is 2.19. The number of aliphatic hydroxyl groups is 1. The van der Waals surface area contributed by atoms with Crippen molar-refractivity contribution in [2.75, 3.05) is 18.5 Å². The standard InChI is InChI=1S/C12H18ClN3O/c1-3-9-15-10(13)8(2)11(16-9)14-6-12(7-17)4-5-12/h17H,3-7H2,1-2H3,(H,14,15,16). The number of hydrogen-bond donors (Lipinski definition) is 2. The van der Waals surface area contributed by atoms with Gasteiger partial charge in [-0.15, -0.1) is 0 Å². The number of aromatic nitrogens is 2. The first-order valence-electron chi connectivity index (χ1n) is 5.98. The number of nitrogens with one attached hydrogen (secondary N) is 1. The van der Waals surface area contributed by atoms with Crippen LogP contribution >= 0.6 is 11.6 Å². The lowest BCUT2D eigenvalue weighted by molar-refractivity contribution is 0.219. The third-order valence-electron chi connectivity index (χ3n) is 3.37. The summed E-state index contributed by atoms with van der Waals surface area (Å²) in [6.07, 6.45) is 2.92. The molecule has 17 heavy (non-hydrogen) atoms. The summed E-state index contributed by atoms with van der Waals surface area (Å²) in [6.45, 7) is 4.89. The van der Waals surface area contributed by atoms with E-state index in [1.807, 2.05) is 13.8 Å². The van der Waals surface area contributed by atoms with Crippen LogP contribution in [0, 0.1) is 12.3 Å². The van der Waals surface area contributed by atoms with Gasteiger partial charge in [0, 0.05) is 23.9 Å². The Morgan fingerprint density at radius 3 is 2.65 bits per heavy atom. The van der Waals surface area contributed by atoms with Crippen molar-refractivity contribution < 1.29 is 5.11 Å². The summed E-state index contributed by atoms with van der Waals surface area (Å²) in [5.41, 5.74) is 0.939. The zero-order valence-electron chi connectivity index (χ0n) is 10.3. The van der Waals surface area contributed by atoms with Gasteiger partial charge in [0.1, 0.15) is 16.8 Å². The number of nitrogens with zero attached hydrogens (tertiary/aromatic N) is 2. The molecule has 2 N–H and O–H groups in total. The van der Waals surface area contributed by atoms with E-state index in [1.54, 1.807) is 0 Å². The van der Waals surface area contributed by atoms with Gasteiger partial charge in [-0.2, -0.15) is 0 Å². The van der Waals surface area contributed by atoms with Crippen LogP contribution in [0.25, 0.3) is 0 Å². The van der Waals surface area contributed by atoms with E-state index in [0.29, 0.717) is 5.15 Å². The summed E-state index contributed by atoms with van der Waals surface area (Å²) < 4.78 is 0. The summed E-state index contributed by atoms with van der Waals surface area (Å²) in [4.78, 5) is 8.63. The molecule has 1 aromatic rings. The molecule has 1 aromatic heterocycles. The first-order valence-corrected chi connectivity index (χ1v) is 6.36. The van der Waals surface area contributed by atoms with Crippen LogP contribution in [0.1, 0.15) is 31.2 Å². The Hall–Kier alpha value is -0.870. The van der Waals surface area contributed by atoms with Gasteiger partial charge in [-0.05, 0) is 19.8 Å². The largest absolute Gasteiger partial charge is 0.396 e. The van der Waals surface area contributed by atoms with Crippen LogP contribution in [0.4, 0.5) is 5.82 Å². The summed E-state index contributed by atoms with van der Waals surface area (Å²) in [5.74, 6) is 1.54. The maximum absolute atomic E-state index is 9.26. The highest BCUT2D eigenvalue weighted by atomic mass is 35.5. The SMILES string of the molecule is CCc1nc(Cl)c(C)c(NCC2(CO)CC2)n1. The van der Waals surface area contributed by atoms with E-state index in [2.05, 4.69) is 15.3 Å². The van der Waals surface area contributed by atoms with Gasteiger partial charge in [0.15, 0.2) is 0 Å². The molecule has 0 bridgehead atoms. The Morgan fingerprint density at radius 1 is 1.41 bits per heavy atom. The minimum atomic E-state index is 0.0657. The van der Waals surface area contributed by atoms with Crippen molar-refractivity contribution in [1.29, 1.82) is 0 Å². The fraction of sp³-hybridized carbons (Fsp3) is 0.667. The predicted molar refractivity (Wildman–Crippen MR) is 68.4 cm³/mol. The van der Waals surface area contributed by atoms with Gasteiger partial charge in [-0.25, -0.2) is 9.97 Å². The van der Waals surface area contributed by atoms with E-state index in [9.17, 15) is 5.11 Å². The molecular weight excluding hydrogens is 238 g/mol. The highest BCUT2D eigenvalue weighted by molar-refractivity contribution is 6.30. The van der Waals surface area contributed by atoms with Crippen molar-refractivity contribution in [1.82, 2.24) is 9.97 Å². The Labute approximate surface area is 106 Å². The normalized spacial score (nSPS) is 16.9. The van der Waals surface area contributed by atoms with Crippen molar-refractivity contribution >= 4 is 17.4 Å². The molecule has 0 saturated heterocycles. The smallest absolute Gasteiger partial charge is 0.137 e. The van der Waals surface area contributed by atoms with Crippen LogP contribution in [0.3, 0.4) is 0 Å². The minimum Gasteiger partial charge on any atom is -0.396 e. The number of aryl methyl sites for hydroxylation is 1. The molecule has 1 fully saturated rings. The summed E-state index contributed by atoms with van der Waals surface area (Å²) in [7, 11) is 0. The maximum atomic E-state index is 9.26. The van der Waals surface area contributed by atoms with Gasteiger partial charge in [-0.3, -0.25) is 0 Å². The average Bonchev–Trinajstić information content (AvgIpc) is 3.11. The van der Waals surface area contributed by atoms with Gasteiger partial charge in [0.25, 0.3) is 0 Å². The van der Waals surface area contributed by atoms with Gasteiger partial charge in [-0.1, -0.05) is 18.5 Å². The molecule has 4 nitrogen and oxygen atoms in total. The highest BCUT2D eigenvalue weighted by Gasteiger charge is 2.41. The molecule has 0 spiro atoms. The van der Waals surface area contributed by atoms with E-state index in [1.165, 1.54) is 0 Å². The number of anilines is 1. The lowest BCUT2D eigenvalue weighted by atomic mass is 10.1. The average molecular weight is 256 g/mol. The van der Waals surface area contributed by atoms with Crippen molar-refractivity contribution in [3.63, 3.8) is 0 Å². The van der Waals surface area contributed by atoms with Crippen LogP contribution in [0.5, 0.6) is 0 Å². The Bertz CT molecular complexity index is 418. The lowest BCUT2D eigenvalue weighted by Gasteiger charge is -2.15. The number of aliphatic hydroxyl groups excluding tert-OH is 1. The molecule has 0 radical (unpaired) electrons. The molecule has 0 amide bonds. The third-order valence-corrected chi connectivity index (χ3v) is 3.74. The molecule has 1 aliphatic carbocycles. The van der Waals surface area contributed by atoms with Crippen molar-refractivity contribution in [2.45, 2.75) is 33.1 Å². The van der Waals surface area contributed by atoms with E-state index in [0.717, 1.165) is 43.0 Å². The Morgan fingerprint density at radius 2 is 2.12 bits per heavy atom. The molecule has 0 aliphatic heterocycles. The monoisotopic (exact) mass is 255 g/mol. The topological polar surface area (TPSA) is 58.0 Å². The quantitative estimate of drug-likeness (QED) is 0.792. The number of rotatable bonds is 5. The van der Waals surface area contributed by atoms with Gasteiger partial charge < -0.3 is 10.4 Å². The van der Waals surface area contributed by atoms with Crippen molar-refractivity contribution in [2.24, 2.45) is 5.41 Å². The molecule has 5 heteroatoms. The molecule has 1 aliphatic rings. The van der Waals surface area contributed by atoms with Crippen LogP contribution in [-0.4, -0.2) is 28.2 Å². The second-order valence-electron chi connectivity index (χ2n) is 4.77. The molecule has 2 rings (SSSR count). The first kappa shape index (κ1) is 12.6. The van der Waals surface area contributed by atoms with Gasteiger partial charge >= 0.3 is 0 Å². The second kappa shape index (κ2) is 4.78. The van der Waals surface area contributed by atoms with Crippen LogP contribution < -0.4 is 5.32 Å². The number of halogens is 1. The molecule has 0 atom stereocenters. The molecule has 0 unspecified atom stereocenters. The minimum absolute atomic E-state index is 0.0657. The molecule has 0 aromatic carbocycles. The Kier molecular flexibility index (Phi) is 3.54. The molecule has 1 saturated carbocycles. The van der Waals surface area contributed by atoms with Crippen molar-refractivity contribution in [3.05, 3.63) is 16.5 Å². The van der Waals surface area contributed by atoms with Gasteiger partial charge in [0.2, 0.25) is 0 Å². The fourth-order valence-electron chi connectivity index (χ4n) is 1.70. The zero-order valence-corrected chi connectivity index (χ0v) is 11.0. The Balaban J connectivity index is 2.11. The van der Waals surface area contributed by atoms with E-state index in [-0.39, 0.29) is 12.0 Å². The number of hydrogen-bond acceptors (Lipinski definition) is 4. The summed E-state index contributed by atoms with van der Waals surface area (Å²) in [6, 6.07) is 0. The second-order valence-corrected chi connectivity index (χ2v) is 5.13. The molecular formula is C12H18ClN3O. The zero-order chi connectivity index (χ0) is 12.5. The van der Waals surface area contributed by atoms with E-state index >= 15 is 0 Å². The third kappa shape index (κ3) is 2.69. The van der Waals surface area contributed by atoms with Crippen molar-refractivity contribution in [3.8, 4) is 0 Å². The van der Waals surface area contributed by atoms with Crippen LogP contribution in [0.15, 0.2) is 0 Å². The van der Waals surface area contributed by atoms with Crippen LogP contribution in [0.2, 0.25) is 5.15 Å². The summed E-state index contributed by atoms with van der Waals surface area (Å²) in [5, 5.41) is 13.1. The highest BCUT2D eigenvalue weighted by Crippen LogP contribution is 2.45. The first-order chi connectivity index (χ1) is 8.10. The fourth-order valence-corrected chi connectivity index (χ4v) is 1.89. The molecule has 94 valence electrons. The van der Waals surface area contributed by atoms with Gasteiger partial charge in [0.05, 0.1) is 6.61 Å². The lowest BCUT2D eigenvalue weighted by Crippen LogP contribution is -2.20. The van der Waals surface area contributed by atoms with E-state index < -0.39 is 0 Å². The summed E-state index contributed by atoms with van der Waals surface area (Å²) >= 11 is 6.06. The van der Waals surface area contributed by atoms with E-state index in [4.69, 9.17) is 11.6 Å². The maximum Gasteiger partial charge on any atom is 0.137 e. The molecule has 1 heterocycles.